The molecular formula is C28H25FN2O2. The second-order valence-electron chi connectivity index (χ2n) is 7.70. The molecule has 0 saturated carbocycles. The van der Waals surface area contributed by atoms with Crippen LogP contribution in [0.4, 0.5) is 10.2 Å². The summed E-state index contributed by atoms with van der Waals surface area (Å²) >= 11 is 0. The first kappa shape index (κ1) is 22.1. The van der Waals surface area contributed by atoms with E-state index in [1.54, 1.807) is 44.4 Å². The molecule has 4 rings (SSSR count). The summed E-state index contributed by atoms with van der Waals surface area (Å²) < 4.78 is 22.6. The highest BCUT2D eigenvalue weighted by atomic mass is 19.2. The molecule has 1 amide bonds. The Hall–Kier alpha value is -4.12. The molecule has 5 heteroatoms. The molecular weight excluding hydrogens is 415 g/mol. The number of hydrogen-bond donors (Lipinski definition) is 0. The van der Waals surface area contributed by atoms with Gasteiger partial charge in [0.2, 0.25) is 0 Å². The zero-order chi connectivity index (χ0) is 23.5. The maximum atomic E-state index is 15.3. The molecule has 0 aliphatic carbocycles. The fourth-order valence-corrected chi connectivity index (χ4v) is 4.15. The van der Waals surface area contributed by atoms with E-state index in [0.717, 1.165) is 22.5 Å². The van der Waals surface area contributed by atoms with E-state index in [1.807, 2.05) is 66.1 Å². The van der Waals surface area contributed by atoms with Crippen LogP contribution in [0.5, 0.6) is 5.75 Å². The van der Waals surface area contributed by atoms with Gasteiger partial charge in [0.15, 0.2) is 0 Å². The lowest BCUT2D eigenvalue weighted by Crippen LogP contribution is -2.23. The van der Waals surface area contributed by atoms with Crippen LogP contribution in [0.25, 0.3) is 22.9 Å². The highest BCUT2D eigenvalue weighted by Crippen LogP contribution is 2.31. The minimum absolute atomic E-state index is 0.167. The van der Waals surface area contributed by atoms with Crippen LogP contribution in [0.3, 0.4) is 0 Å². The van der Waals surface area contributed by atoms with Crippen LogP contribution >= 0.6 is 0 Å². The lowest BCUT2D eigenvalue weighted by molar-refractivity contribution is 0.0930. The predicted octanol–water partition coefficient (Wildman–Crippen LogP) is 6.94. The van der Waals surface area contributed by atoms with Gasteiger partial charge in [0.1, 0.15) is 5.75 Å². The number of methoxy groups -OCH3 is 1. The number of anilines is 1. The second kappa shape index (κ2) is 9.17. The first-order valence-corrected chi connectivity index (χ1v) is 10.6. The molecule has 166 valence electrons. The summed E-state index contributed by atoms with van der Waals surface area (Å²) in [5.74, 6) is -0.0433. The molecule has 0 N–H and O–H groups in total. The van der Waals surface area contributed by atoms with E-state index in [1.165, 1.54) is 0 Å². The van der Waals surface area contributed by atoms with Crippen molar-refractivity contribution in [1.29, 1.82) is 0 Å². The molecule has 4 aromatic rings. The molecule has 0 unspecified atom stereocenters. The largest absolute Gasteiger partial charge is 0.497 e. The Morgan fingerprint density at radius 1 is 0.939 bits per heavy atom. The van der Waals surface area contributed by atoms with Gasteiger partial charge in [-0.15, -0.1) is 5.12 Å². The van der Waals surface area contributed by atoms with E-state index in [4.69, 9.17) is 4.74 Å². The Morgan fingerprint density at radius 3 is 2.24 bits per heavy atom. The minimum atomic E-state index is -0.736. The number of carbonyl (C=O) groups is 1. The minimum Gasteiger partial charge on any atom is -0.497 e. The molecule has 33 heavy (non-hydrogen) atoms. The fourth-order valence-electron chi connectivity index (χ4n) is 4.15. The Balaban J connectivity index is 1.71. The molecule has 0 atom stereocenters. The van der Waals surface area contributed by atoms with Gasteiger partial charge in [0.25, 0.3) is 5.91 Å². The van der Waals surface area contributed by atoms with Crippen LogP contribution in [-0.4, -0.2) is 17.6 Å². The maximum absolute atomic E-state index is 15.3. The van der Waals surface area contributed by atoms with Crippen LogP contribution in [0.2, 0.25) is 0 Å². The third-order valence-electron chi connectivity index (χ3n) is 5.80. The summed E-state index contributed by atoms with van der Waals surface area (Å²) in [5, 5.41) is 0.194. The van der Waals surface area contributed by atoms with Crippen molar-refractivity contribution in [2.75, 3.05) is 12.2 Å². The molecule has 0 radical (unpaired) electrons. The lowest BCUT2D eigenvalue weighted by Gasteiger charge is -2.14. The van der Waals surface area contributed by atoms with E-state index >= 15 is 4.48 Å². The van der Waals surface area contributed by atoms with Crippen LogP contribution in [0.1, 0.15) is 27.3 Å². The Morgan fingerprint density at radius 2 is 1.61 bits per heavy atom. The van der Waals surface area contributed by atoms with Gasteiger partial charge >= 0.3 is 0 Å². The highest BCUT2D eigenvalue weighted by molar-refractivity contribution is 6.08. The summed E-state index contributed by atoms with van der Waals surface area (Å²) in [7, 11) is 1.60. The van der Waals surface area contributed by atoms with E-state index in [0.29, 0.717) is 17.0 Å². The number of ether oxygens (including phenoxy) is 1. The van der Waals surface area contributed by atoms with Gasteiger partial charge in [0, 0.05) is 28.7 Å². The number of aromatic nitrogens is 1. The summed E-state index contributed by atoms with van der Waals surface area (Å²) in [6, 6.07) is 24.1. The van der Waals surface area contributed by atoms with Crippen molar-refractivity contribution >= 4 is 17.7 Å². The van der Waals surface area contributed by atoms with Crippen LogP contribution in [-0.2, 0) is 0 Å². The van der Waals surface area contributed by atoms with E-state index in [9.17, 15) is 4.79 Å². The number of carbonyl (C=O) groups excluding carboxylic acids is 1. The monoisotopic (exact) mass is 440 g/mol. The van der Waals surface area contributed by atoms with E-state index < -0.39 is 5.91 Å². The second-order valence-corrected chi connectivity index (χ2v) is 7.70. The maximum Gasteiger partial charge on any atom is 0.288 e. The van der Waals surface area contributed by atoms with Gasteiger partial charge in [0.05, 0.1) is 18.4 Å². The Bertz CT molecular complexity index is 1310. The number of hydrogen-bond acceptors (Lipinski definition) is 2. The highest BCUT2D eigenvalue weighted by Gasteiger charge is 2.27. The first-order valence-electron chi connectivity index (χ1n) is 10.6. The number of benzene rings is 3. The first-order chi connectivity index (χ1) is 16.0. The number of halogens is 1. The van der Waals surface area contributed by atoms with Crippen LogP contribution in [0, 0.1) is 13.8 Å². The standard InChI is InChI=1S/C28H25FN2O2/c1-5-26-19(2)30(24-12-9-13-25(18-24)33-4)20(3)27(26)28(32)31(29)23-16-14-22(15-17-23)21-10-7-6-8-11-21/h5-18H,1H2,2-4H3. The van der Waals surface area contributed by atoms with Crippen molar-refractivity contribution in [3.05, 3.63) is 108 Å². The van der Waals surface area contributed by atoms with Crippen molar-refractivity contribution in [2.24, 2.45) is 0 Å². The van der Waals surface area contributed by atoms with Crippen LogP contribution in [0.15, 0.2) is 85.4 Å². The summed E-state index contributed by atoms with van der Waals surface area (Å²) in [6.45, 7) is 7.55. The third kappa shape index (κ3) is 4.05. The Kier molecular flexibility index (Phi) is 6.13. The Labute approximate surface area is 193 Å². The number of amides is 1. The molecule has 1 heterocycles. The van der Waals surface area contributed by atoms with Gasteiger partial charge in [-0.2, -0.15) is 0 Å². The smallest absolute Gasteiger partial charge is 0.288 e. The molecule has 0 aliphatic heterocycles. The lowest BCUT2D eigenvalue weighted by atomic mass is 10.1. The van der Waals surface area contributed by atoms with Crippen molar-refractivity contribution in [3.63, 3.8) is 0 Å². The van der Waals surface area contributed by atoms with Crippen molar-refractivity contribution in [3.8, 4) is 22.6 Å². The summed E-state index contributed by atoms with van der Waals surface area (Å²) in [5.41, 5.74) is 5.27. The van der Waals surface area contributed by atoms with Gasteiger partial charge in [-0.25, -0.2) is 0 Å². The van der Waals surface area contributed by atoms with E-state index in [-0.39, 0.29) is 16.4 Å². The van der Waals surface area contributed by atoms with Crippen molar-refractivity contribution in [2.45, 2.75) is 13.8 Å². The van der Waals surface area contributed by atoms with E-state index in [2.05, 4.69) is 6.58 Å². The van der Waals surface area contributed by atoms with Crippen LogP contribution < -0.4 is 9.86 Å². The summed E-state index contributed by atoms with van der Waals surface area (Å²) in [4.78, 5) is 13.3. The summed E-state index contributed by atoms with van der Waals surface area (Å²) in [6.07, 6.45) is 1.60. The molecule has 4 nitrogen and oxygen atoms in total. The molecule has 0 bridgehead atoms. The molecule has 0 saturated heterocycles. The van der Waals surface area contributed by atoms with Crippen molar-refractivity contribution in [1.82, 2.24) is 4.57 Å². The molecule has 1 aromatic heterocycles. The zero-order valence-corrected chi connectivity index (χ0v) is 18.9. The SMILES string of the molecule is C=Cc1c(C(=O)N(F)c2ccc(-c3ccccc3)cc2)c(C)n(-c2cccc(OC)c2)c1C. The number of rotatable bonds is 6. The third-order valence-corrected chi connectivity index (χ3v) is 5.80. The van der Waals surface area contributed by atoms with Gasteiger partial charge in [-0.1, -0.05) is 65.7 Å². The van der Waals surface area contributed by atoms with Gasteiger partial charge in [-0.3, -0.25) is 4.79 Å². The molecule has 0 aliphatic rings. The number of nitrogens with zero attached hydrogens (tertiary/aromatic N) is 2. The average Bonchev–Trinajstić information content (AvgIpc) is 3.12. The van der Waals surface area contributed by atoms with Gasteiger partial charge < -0.3 is 9.30 Å². The topological polar surface area (TPSA) is 34.5 Å². The van der Waals surface area contributed by atoms with Gasteiger partial charge in [-0.05, 0) is 49.2 Å². The normalized spacial score (nSPS) is 10.7. The predicted molar refractivity (Wildman–Crippen MR) is 132 cm³/mol. The molecule has 0 spiro atoms. The molecule has 0 fully saturated rings. The quantitative estimate of drug-likeness (QED) is 0.304. The molecule has 3 aromatic carbocycles. The van der Waals surface area contributed by atoms with Crippen molar-refractivity contribution < 1.29 is 14.0 Å². The average molecular weight is 441 g/mol. The zero-order valence-electron chi connectivity index (χ0n) is 18.9. The fraction of sp³-hybridized carbons (Fsp3) is 0.107.